The van der Waals surface area contributed by atoms with Crippen LogP contribution in [0.5, 0.6) is 0 Å². The van der Waals surface area contributed by atoms with Gasteiger partial charge in [0.1, 0.15) is 18.3 Å². The molecule has 2 aliphatic heterocycles. The quantitative estimate of drug-likeness (QED) is 0.430. The lowest BCUT2D eigenvalue weighted by atomic mass is 10.0. The van der Waals surface area contributed by atoms with Crippen molar-refractivity contribution in [3.8, 4) is 0 Å². The molecule has 1 saturated heterocycles. The molecule has 2 bridgehead atoms. The maximum absolute atomic E-state index is 10.6. The molecule has 4 atom stereocenters. The normalized spacial score (nSPS) is 43.5. The molecule has 1 fully saturated rings. The zero-order valence-corrected chi connectivity index (χ0v) is 6.64. The summed E-state index contributed by atoms with van der Waals surface area (Å²) in [4.78, 5) is 10.6. The Labute approximate surface area is 69.8 Å². The SMILES string of the molecule is CC(=O)O[C@H]1[C@@H](O)[C@@H]2C=C[C@H]1O2. The van der Waals surface area contributed by atoms with E-state index in [1.807, 2.05) is 6.08 Å². The van der Waals surface area contributed by atoms with Crippen LogP contribution in [0, 0.1) is 0 Å². The highest BCUT2D eigenvalue weighted by molar-refractivity contribution is 5.66. The number of carbonyl (C=O) groups excluding carboxylic acids is 1. The summed E-state index contributed by atoms with van der Waals surface area (Å²) in [5.41, 5.74) is 0. The summed E-state index contributed by atoms with van der Waals surface area (Å²) in [5.74, 6) is -0.386. The van der Waals surface area contributed by atoms with E-state index in [1.54, 1.807) is 6.08 Å². The first-order chi connectivity index (χ1) is 5.68. The monoisotopic (exact) mass is 170 g/mol. The minimum atomic E-state index is -0.705. The molecule has 66 valence electrons. The number of esters is 1. The van der Waals surface area contributed by atoms with Crippen molar-refractivity contribution in [2.75, 3.05) is 0 Å². The minimum Gasteiger partial charge on any atom is -0.457 e. The third-order valence-corrected chi connectivity index (χ3v) is 2.10. The highest BCUT2D eigenvalue weighted by Gasteiger charge is 2.47. The maximum Gasteiger partial charge on any atom is 0.303 e. The summed E-state index contributed by atoms with van der Waals surface area (Å²) < 4.78 is 10.2. The molecule has 0 aromatic carbocycles. The molecule has 0 spiro atoms. The molecule has 2 aliphatic rings. The van der Waals surface area contributed by atoms with Crippen LogP contribution in [0.2, 0.25) is 0 Å². The minimum absolute atomic E-state index is 0.256. The third kappa shape index (κ3) is 1.04. The van der Waals surface area contributed by atoms with E-state index in [0.29, 0.717) is 0 Å². The molecule has 4 nitrogen and oxygen atoms in total. The summed E-state index contributed by atoms with van der Waals surface area (Å²) in [6.45, 7) is 1.32. The van der Waals surface area contributed by atoms with Crippen molar-refractivity contribution >= 4 is 5.97 Å². The van der Waals surface area contributed by atoms with Crippen molar-refractivity contribution in [2.45, 2.75) is 31.3 Å². The second-order valence-electron chi connectivity index (χ2n) is 3.01. The van der Waals surface area contributed by atoms with E-state index in [0.717, 1.165) is 0 Å². The topological polar surface area (TPSA) is 55.8 Å². The van der Waals surface area contributed by atoms with E-state index in [-0.39, 0.29) is 18.2 Å². The van der Waals surface area contributed by atoms with Crippen molar-refractivity contribution in [1.29, 1.82) is 0 Å². The molecule has 0 amide bonds. The van der Waals surface area contributed by atoms with Crippen molar-refractivity contribution in [3.05, 3.63) is 12.2 Å². The van der Waals surface area contributed by atoms with Crippen molar-refractivity contribution in [1.82, 2.24) is 0 Å². The number of hydrogen-bond acceptors (Lipinski definition) is 4. The van der Waals surface area contributed by atoms with Gasteiger partial charge in [-0.3, -0.25) is 4.79 Å². The van der Waals surface area contributed by atoms with E-state index in [9.17, 15) is 9.90 Å². The van der Waals surface area contributed by atoms with Gasteiger partial charge in [-0.2, -0.15) is 0 Å². The Hall–Kier alpha value is -0.870. The van der Waals surface area contributed by atoms with Crippen molar-refractivity contribution in [3.63, 3.8) is 0 Å². The van der Waals surface area contributed by atoms with Crippen LogP contribution in [0.1, 0.15) is 6.92 Å². The van der Waals surface area contributed by atoms with Gasteiger partial charge < -0.3 is 14.6 Å². The van der Waals surface area contributed by atoms with E-state index in [2.05, 4.69) is 0 Å². The largest absolute Gasteiger partial charge is 0.457 e. The van der Waals surface area contributed by atoms with E-state index in [1.165, 1.54) is 6.92 Å². The van der Waals surface area contributed by atoms with E-state index >= 15 is 0 Å². The van der Waals surface area contributed by atoms with E-state index in [4.69, 9.17) is 9.47 Å². The van der Waals surface area contributed by atoms with Gasteiger partial charge in [0.15, 0.2) is 6.10 Å². The van der Waals surface area contributed by atoms with Crippen LogP contribution < -0.4 is 0 Å². The van der Waals surface area contributed by atoms with E-state index < -0.39 is 12.2 Å². The van der Waals surface area contributed by atoms with Gasteiger partial charge in [0.25, 0.3) is 0 Å². The predicted molar refractivity (Wildman–Crippen MR) is 39.4 cm³/mol. The first kappa shape index (κ1) is 7.76. The van der Waals surface area contributed by atoms with Gasteiger partial charge in [-0.05, 0) is 0 Å². The van der Waals surface area contributed by atoms with Gasteiger partial charge in [0.05, 0.1) is 0 Å². The highest BCUT2D eigenvalue weighted by atomic mass is 16.6. The smallest absolute Gasteiger partial charge is 0.303 e. The fourth-order valence-corrected chi connectivity index (χ4v) is 1.58. The molecule has 12 heavy (non-hydrogen) atoms. The summed E-state index contributed by atoms with van der Waals surface area (Å²) in [6.07, 6.45) is 1.83. The third-order valence-electron chi connectivity index (χ3n) is 2.10. The molecule has 0 aromatic rings. The molecule has 0 saturated carbocycles. The maximum atomic E-state index is 10.6. The van der Waals surface area contributed by atoms with Crippen molar-refractivity contribution < 1.29 is 19.4 Å². The first-order valence-corrected chi connectivity index (χ1v) is 3.87. The van der Waals surface area contributed by atoms with Crippen LogP contribution >= 0.6 is 0 Å². The number of hydrogen-bond donors (Lipinski definition) is 1. The first-order valence-electron chi connectivity index (χ1n) is 3.87. The second kappa shape index (κ2) is 2.57. The molecule has 0 radical (unpaired) electrons. The molecule has 2 heterocycles. The standard InChI is InChI=1S/C8H10O4/c1-4(9)11-8-6-3-2-5(12-6)7(8)10/h2-3,5-8,10H,1H3/t5-,6+,7-,8+/m0/s1. The fraction of sp³-hybridized carbons (Fsp3) is 0.625. The van der Waals surface area contributed by atoms with Crippen LogP contribution in [0.25, 0.3) is 0 Å². The summed E-state index contributed by atoms with van der Waals surface area (Å²) >= 11 is 0. The van der Waals surface area contributed by atoms with Gasteiger partial charge >= 0.3 is 5.97 Å². The molecule has 4 heteroatoms. The average Bonchev–Trinajstić information content (AvgIpc) is 2.53. The van der Waals surface area contributed by atoms with Gasteiger partial charge in [-0.1, -0.05) is 12.2 Å². The Morgan fingerprint density at radius 3 is 2.67 bits per heavy atom. The average molecular weight is 170 g/mol. The lowest BCUT2D eigenvalue weighted by Gasteiger charge is -2.19. The van der Waals surface area contributed by atoms with Crippen LogP contribution in [0.4, 0.5) is 0 Å². The van der Waals surface area contributed by atoms with Gasteiger partial charge in [-0.25, -0.2) is 0 Å². The molecule has 2 rings (SSSR count). The Kier molecular flexibility index (Phi) is 1.66. The summed E-state index contributed by atoms with van der Waals surface area (Å²) in [7, 11) is 0. The van der Waals surface area contributed by atoms with Crippen LogP contribution in [-0.2, 0) is 14.3 Å². The lowest BCUT2D eigenvalue weighted by Crippen LogP contribution is -2.37. The zero-order valence-electron chi connectivity index (χ0n) is 6.64. The molecule has 0 unspecified atom stereocenters. The Balaban J connectivity index is 2.08. The van der Waals surface area contributed by atoms with Gasteiger partial charge in [-0.15, -0.1) is 0 Å². The number of fused-ring (bicyclic) bond motifs is 2. The molecule has 0 aromatic heterocycles. The second-order valence-corrected chi connectivity index (χ2v) is 3.01. The number of aliphatic hydroxyl groups excluding tert-OH is 1. The number of rotatable bonds is 1. The molecule has 0 aliphatic carbocycles. The van der Waals surface area contributed by atoms with Gasteiger partial charge in [0.2, 0.25) is 0 Å². The molecule has 1 N–H and O–H groups in total. The summed E-state index contributed by atoms with van der Waals surface area (Å²) in [6, 6.07) is 0. The van der Waals surface area contributed by atoms with Crippen molar-refractivity contribution in [2.24, 2.45) is 0 Å². The zero-order chi connectivity index (χ0) is 8.72. The fourth-order valence-electron chi connectivity index (χ4n) is 1.58. The number of ether oxygens (including phenoxy) is 2. The molecular formula is C8H10O4. The summed E-state index contributed by atoms with van der Waals surface area (Å²) in [5, 5.41) is 9.47. The molecular weight excluding hydrogens is 160 g/mol. The van der Waals surface area contributed by atoms with Gasteiger partial charge in [0, 0.05) is 6.92 Å². The number of carbonyl (C=O) groups is 1. The Bertz CT molecular complexity index is 235. The van der Waals surface area contributed by atoms with Crippen LogP contribution in [-0.4, -0.2) is 35.5 Å². The van der Waals surface area contributed by atoms with Crippen LogP contribution in [0.3, 0.4) is 0 Å². The van der Waals surface area contributed by atoms with Crippen LogP contribution in [0.15, 0.2) is 12.2 Å². The highest BCUT2D eigenvalue weighted by Crippen LogP contribution is 2.31. The Morgan fingerprint density at radius 2 is 2.17 bits per heavy atom. The number of aliphatic hydroxyl groups is 1. The Morgan fingerprint density at radius 1 is 1.50 bits per heavy atom. The lowest BCUT2D eigenvalue weighted by molar-refractivity contribution is -0.151. The predicted octanol–water partition coefficient (Wildman–Crippen LogP) is -0.384.